The van der Waals surface area contributed by atoms with Gasteiger partial charge in [-0.2, -0.15) is 23.3 Å². The van der Waals surface area contributed by atoms with Crippen molar-refractivity contribution in [1.82, 2.24) is 30.5 Å². The monoisotopic (exact) mass is 412 g/mol. The summed E-state index contributed by atoms with van der Waals surface area (Å²) >= 11 is 6.07. The van der Waals surface area contributed by atoms with Crippen LogP contribution in [0.1, 0.15) is 16.2 Å². The van der Waals surface area contributed by atoms with Crippen LogP contribution >= 0.6 is 11.6 Å². The van der Waals surface area contributed by atoms with Crippen LogP contribution < -0.4 is 16.4 Å². The molecule has 0 aliphatic rings. The van der Waals surface area contributed by atoms with Gasteiger partial charge in [-0.1, -0.05) is 11.6 Å². The first-order chi connectivity index (χ1) is 13.2. The first-order valence-electron chi connectivity index (χ1n) is 7.60. The minimum atomic E-state index is -4.66. The standard InChI is InChI=1S/C15H12ClF3N8O/c1-21-12(28)7-3-2-6(4-9(7)16)23-14-22-5-8(10(20)24-14)11-25-13(27-26-11)15(17,18)19/h2-5H,1H3,(H,21,28)(H,25,26,27)(H3,20,22,23,24). The van der Waals surface area contributed by atoms with E-state index in [9.17, 15) is 18.0 Å². The van der Waals surface area contributed by atoms with Crippen molar-refractivity contribution in [3.05, 3.63) is 40.8 Å². The zero-order chi connectivity index (χ0) is 20.5. The highest BCUT2D eigenvalue weighted by molar-refractivity contribution is 6.34. The molecule has 3 aromatic rings. The van der Waals surface area contributed by atoms with Crippen LogP contribution in [-0.4, -0.2) is 38.1 Å². The van der Waals surface area contributed by atoms with E-state index in [4.69, 9.17) is 17.3 Å². The number of carbonyl (C=O) groups excluding carboxylic acids is 1. The Morgan fingerprint density at radius 3 is 2.61 bits per heavy atom. The van der Waals surface area contributed by atoms with E-state index in [2.05, 4.69) is 30.7 Å². The van der Waals surface area contributed by atoms with Crippen LogP contribution in [0, 0.1) is 0 Å². The Kier molecular flexibility index (Phi) is 5.05. The molecule has 1 amide bonds. The zero-order valence-electron chi connectivity index (χ0n) is 14.1. The van der Waals surface area contributed by atoms with Crippen molar-refractivity contribution in [2.75, 3.05) is 18.1 Å². The number of hydrogen-bond acceptors (Lipinski definition) is 7. The quantitative estimate of drug-likeness (QED) is 0.517. The Labute approximate surface area is 160 Å². The molecule has 1 aromatic carbocycles. The number of amides is 1. The molecule has 0 radical (unpaired) electrons. The Morgan fingerprint density at radius 2 is 2.04 bits per heavy atom. The Hall–Kier alpha value is -3.41. The van der Waals surface area contributed by atoms with E-state index < -0.39 is 12.0 Å². The molecule has 146 valence electrons. The molecule has 0 spiro atoms. The van der Waals surface area contributed by atoms with Crippen LogP contribution in [0.25, 0.3) is 11.4 Å². The van der Waals surface area contributed by atoms with Crippen molar-refractivity contribution in [1.29, 1.82) is 0 Å². The molecule has 0 aliphatic heterocycles. The van der Waals surface area contributed by atoms with Crippen molar-refractivity contribution in [3.63, 3.8) is 0 Å². The van der Waals surface area contributed by atoms with E-state index in [0.717, 1.165) is 0 Å². The van der Waals surface area contributed by atoms with Gasteiger partial charge in [0.15, 0.2) is 5.82 Å². The highest BCUT2D eigenvalue weighted by Gasteiger charge is 2.35. The number of carbonyl (C=O) groups is 1. The lowest BCUT2D eigenvalue weighted by molar-refractivity contribution is -0.144. The van der Waals surface area contributed by atoms with Crippen LogP contribution in [0.3, 0.4) is 0 Å². The molecular weight excluding hydrogens is 401 g/mol. The Balaban J connectivity index is 1.82. The largest absolute Gasteiger partial charge is 0.451 e. The van der Waals surface area contributed by atoms with Crippen LogP contribution in [-0.2, 0) is 6.18 Å². The fourth-order valence-corrected chi connectivity index (χ4v) is 2.44. The summed E-state index contributed by atoms with van der Waals surface area (Å²) in [5.41, 5.74) is 6.59. The van der Waals surface area contributed by atoms with Crippen molar-refractivity contribution < 1.29 is 18.0 Å². The molecule has 9 nitrogen and oxygen atoms in total. The fraction of sp³-hybridized carbons (Fsp3) is 0.133. The second kappa shape index (κ2) is 7.31. The summed E-state index contributed by atoms with van der Waals surface area (Å²) in [6, 6.07) is 4.58. The van der Waals surface area contributed by atoms with Gasteiger partial charge in [0.2, 0.25) is 11.8 Å². The average Bonchev–Trinajstić information content (AvgIpc) is 3.11. The third kappa shape index (κ3) is 3.96. The van der Waals surface area contributed by atoms with Crippen molar-refractivity contribution >= 4 is 35.0 Å². The molecule has 0 atom stereocenters. The van der Waals surface area contributed by atoms with Crippen LogP contribution in [0.15, 0.2) is 24.4 Å². The molecule has 28 heavy (non-hydrogen) atoms. The number of alkyl halides is 3. The molecule has 0 fully saturated rings. The molecule has 3 rings (SSSR count). The van der Waals surface area contributed by atoms with Gasteiger partial charge in [0.05, 0.1) is 16.1 Å². The zero-order valence-corrected chi connectivity index (χ0v) is 14.9. The van der Waals surface area contributed by atoms with Gasteiger partial charge in [-0.25, -0.2) is 9.97 Å². The number of rotatable bonds is 4. The number of anilines is 3. The highest BCUT2D eigenvalue weighted by atomic mass is 35.5. The maximum Gasteiger partial charge on any atom is 0.451 e. The number of H-pyrrole nitrogens is 1. The summed E-state index contributed by atoms with van der Waals surface area (Å²) in [6.07, 6.45) is -3.48. The lowest BCUT2D eigenvalue weighted by Gasteiger charge is -2.09. The van der Waals surface area contributed by atoms with Crippen LogP contribution in [0.5, 0.6) is 0 Å². The fourth-order valence-electron chi connectivity index (χ4n) is 2.18. The van der Waals surface area contributed by atoms with Crippen LogP contribution in [0.4, 0.5) is 30.6 Å². The predicted octanol–water partition coefficient (Wildman–Crippen LogP) is 2.62. The van der Waals surface area contributed by atoms with Crippen LogP contribution in [0.2, 0.25) is 5.02 Å². The third-order valence-corrected chi connectivity index (χ3v) is 3.82. The second-order valence-corrected chi connectivity index (χ2v) is 5.80. The molecule has 0 saturated heterocycles. The first-order valence-corrected chi connectivity index (χ1v) is 7.98. The normalized spacial score (nSPS) is 11.3. The number of nitrogens with one attached hydrogen (secondary N) is 3. The highest BCUT2D eigenvalue weighted by Crippen LogP contribution is 2.29. The summed E-state index contributed by atoms with van der Waals surface area (Å²) in [5, 5.41) is 10.8. The molecule has 0 aliphatic carbocycles. The number of nitrogen functional groups attached to an aromatic ring is 1. The number of nitrogens with zero attached hydrogens (tertiary/aromatic N) is 4. The molecule has 0 saturated carbocycles. The van der Waals surface area contributed by atoms with Gasteiger partial charge in [0.1, 0.15) is 5.82 Å². The Morgan fingerprint density at radius 1 is 1.29 bits per heavy atom. The van der Waals surface area contributed by atoms with Gasteiger partial charge in [0.25, 0.3) is 5.91 Å². The van der Waals surface area contributed by atoms with E-state index in [1.54, 1.807) is 11.2 Å². The van der Waals surface area contributed by atoms with E-state index in [1.165, 1.54) is 25.4 Å². The maximum absolute atomic E-state index is 12.6. The van der Waals surface area contributed by atoms with Gasteiger partial charge in [-0.15, -0.1) is 0 Å². The molecular formula is C15H12ClF3N8O. The summed E-state index contributed by atoms with van der Waals surface area (Å²) in [4.78, 5) is 23.0. The number of nitrogens with two attached hydrogens (primary N) is 1. The average molecular weight is 413 g/mol. The lowest BCUT2D eigenvalue weighted by atomic mass is 10.2. The van der Waals surface area contributed by atoms with Crippen molar-refractivity contribution in [2.24, 2.45) is 0 Å². The van der Waals surface area contributed by atoms with E-state index in [-0.39, 0.29) is 39.6 Å². The number of benzene rings is 1. The molecule has 2 aromatic heterocycles. The maximum atomic E-state index is 12.6. The number of aromatic amines is 1. The summed E-state index contributed by atoms with van der Waals surface area (Å²) in [6.45, 7) is 0. The SMILES string of the molecule is CNC(=O)c1ccc(Nc2ncc(-c3n[nH]c(C(F)(F)F)n3)c(N)n2)cc1Cl. The minimum absolute atomic E-state index is 0.0327. The topological polar surface area (TPSA) is 134 Å². The summed E-state index contributed by atoms with van der Waals surface area (Å²) < 4.78 is 37.8. The van der Waals surface area contributed by atoms with Gasteiger partial charge < -0.3 is 16.4 Å². The van der Waals surface area contributed by atoms with E-state index >= 15 is 0 Å². The van der Waals surface area contributed by atoms with Gasteiger partial charge in [-0.3, -0.25) is 9.89 Å². The van der Waals surface area contributed by atoms with Crippen molar-refractivity contribution in [2.45, 2.75) is 6.18 Å². The molecule has 5 N–H and O–H groups in total. The van der Waals surface area contributed by atoms with E-state index in [0.29, 0.717) is 5.69 Å². The number of hydrogen-bond donors (Lipinski definition) is 4. The third-order valence-electron chi connectivity index (χ3n) is 3.51. The molecule has 2 heterocycles. The van der Waals surface area contributed by atoms with Gasteiger partial charge >= 0.3 is 6.18 Å². The lowest BCUT2D eigenvalue weighted by Crippen LogP contribution is -2.18. The molecule has 0 bridgehead atoms. The molecule has 0 unspecified atom stereocenters. The Bertz CT molecular complexity index is 1040. The van der Waals surface area contributed by atoms with Gasteiger partial charge in [-0.05, 0) is 18.2 Å². The predicted molar refractivity (Wildman–Crippen MR) is 94.9 cm³/mol. The summed E-state index contributed by atoms with van der Waals surface area (Å²) in [5.74, 6) is -1.94. The first kappa shape index (κ1) is 19.4. The second-order valence-electron chi connectivity index (χ2n) is 5.40. The molecule has 13 heteroatoms. The van der Waals surface area contributed by atoms with E-state index in [1.807, 2.05) is 0 Å². The smallest absolute Gasteiger partial charge is 0.383 e. The number of aromatic nitrogens is 5. The number of halogens is 4. The van der Waals surface area contributed by atoms with Crippen molar-refractivity contribution in [3.8, 4) is 11.4 Å². The minimum Gasteiger partial charge on any atom is -0.383 e. The van der Waals surface area contributed by atoms with Gasteiger partial charge in [0, 0.05) is 18.9 Å². The summed E-state index contributed by atoms with van der Waals surface area (Å²) in [7, 11) is 1.48.